The van der Waals surface area contributed by atoms with E-state index < -0.39 is 5.97 Å². The summed E-state index contributed by atoms with van der Waals surface area (Å²) in [6.07, 6.45) is 10.7. The van der Waals surface area contributed by atoms with E-state index in [1.165, 1.54) is 55.1 Å². The fourth-order valence-corrected chi connectivity index (χ4v) is 4.02. The topological polar surface area (TPSA) is 43.5 Å². The van der Waals surface area contributed by atoms with Crippen LogP contribution in [0.2, 0.25) is 0 Å². The molecule has 152 valence electrons. The molecule has 4 nitrogen and oxygen atoms in total. The zero-order valence-corrected chi connectivity index (χ0v) is 17.6. The zero-order valence-electron chi connectivity index (χ0n) is 17.6. The SMILES string of the molecule is CCCCCCCCC(CCc1cc2ccccc2[nH]1)C(OC)(OC)OC. The molecule has 1 heterocycles. The van der Waals surface area contributed by atoms with Crippen molar-refractivity contribution in [3.05, 3.63) is 36.0 Å². The van der Waals surface area contributed by atoms with Gasteiger partial charge >= 0.3 is 0 Å². The first-order valence-electron chi connectivity index (χ1n) is 10.4. The Hall–Kier alpha value is -1.36. The van der Waals surface area contributed by atoms with Crippen molar-refractivity contribution < 1.29 is 14.2 Å². The molecule has 0 saturated carbocycles. The summed E-state index contributed by atoms with van der Waals surface area (Å²) in [5.41, 5.74) is 2.44. The molecular weight excluding hydrogens is 338 g/mol. The number of nitrogens with one attached hydrogen (secondary N) is 1. The van der Waals surface area contributed by atoms with Crippen molar-refractivity contribution in [1.29, 1.82) is 0 Å². The molecule has 2 rings (SSSR count). The lowest BCUT2D eigenvalue weighted by Gasteiger charge is -2.36. The normalized spacial score (nSPS) is 13.3. The van der Waals surface area contributed by atoms with Gasteiger partial charge in [0.2, 0.25) is 0 Å². The number of para-hydroxylation sites is 1. The molecule has 0 fully saturated rings. The molecular formula is C23H37NO3. The lowest BCUT2D eigenvalue weighted by Crippen LogP contribution is -2.44. The zero-order chi connectivity index (χ0) is 19.5. The van der Waals surface area contributed by atoms with E-state index in [0.717, 1.165) is 19.3 Å². The summed E-state index contributed by atoms with van der Waals surface area (Å²) in [5.74, 6) is -0.773. The van der Waals surface area contributed by atoms with Crippen LogP contribution in [0.25, 0.3) is 10.9 Å². The van der Waals surface area contributed by atoms with Crippen LogP contribution in [-0.4, -0.2) is 32.3 Å². The monoisotopic (exact) mass is 375 g/mol. The number of benzene rings is 1. The van der Waals surface area contributed by atoms with Crippen LogP contribution in [0.15, 0.2) is 30.3 Å². The Morgan fingerprint density at radius 2 is 1.56 bits per heavy atom. The fourth-order valence-electron chi connectivity index (χ4n) is 4.02. The number of hydrogen-bond acceptors (Lipinski definition) is 3. The van der Waals surface area contributed by atoms with Crippen molar-refractivity contribution in [1.82, 2.24) is 4.98 Å². The highest BCUT2D eigenvalue weighted by Gasteiger charge is 2.39. The largest absolute Gasteiger partial charge is 0.358 e. The van der Waals surface area contributed by atoms with E-state index in [1.807, 2.05) is 0 Å². The van der Waals surface area contributed by atoms with Crippen LogP contribution in [0.1, 0.15) is 64.0 Å². The minimum absolute atomic E-state index is 0.190. The van der Waals surface area contributed by atoms with Crippen LogP contribution in [-0.2, 0) is 20.6 Å². The van der Waals surface area contributed by atoms with Gasteiger partial charge < -0.3 is 19.2 Å². The first-order valence-corrected chi connectivity index (χ1v) is 10.4. The van der Waals surface area contributed by atoms with Gasteiger partial charge in [0, 0.05) is 38.5 Å². The third kappa shape index (κ3) is 6.06. The number of aromatic nitrogens is 1. The predicted molar refractivity (Wildman–Crippen MR) is 112 cm³/mol. The number of ether oxygens (including phenoxy) is 3. The number of aryl methyl sites for hydroxylation is 1. The van der Waals surface area contributed by atoms with Crippen molar-refractivity contribution in [2.24, 2.45) is 5.92 Å². The van der Waals surface area contributed by atoms with Crippen molar-refractivity contribution >= 4 is 10.9 Å². The molecule has 0 aliphatic rings. The Balaban J connectivity index is 1.97. The van der Waals surface area contributed by atoms with Crippen molar-refractivity contribution in [3.63, 3.8) is 0 Å². The van der Waals surface area contributed by atoms with E-state index in [0.29, 0.717) is 0 Å². The first-order chi connectivity index (χ1) is 13.2. The minimum Gasteiger partial charge on any atom is -0.358 e. The Morgan fingerprint density at radius 3 is 2.22 bits per heavy atom. The Kier molecular flexibility index (Phi) is 9.32. The number of aromatic amines is 1. The fraction of sp³-hybridized carbons (Fsp3) is 0.652. The van der Waals surface area contributed by atoms with Crippen LogP contribution in [0.5, 0.6) is 0 Å². The summed E-state index contributed by atoms with van der Waals surface area (Å²) < 4.78 is 17.1. The maximum Gasteiger partial charge on any atom is 0.285 e. The van der Waals surface area contributed by atoms with Crippen LogP contribution >= 0.6 is 0 Å². The van der Waals surface area contributed by atoms with Crippen LogP contribution in [0.3, 0.4) is 0 Å². The Labute approximate surface area is 164 Å². The second kappa shape index (κ2) is 11.5. The molecule has 0 saturated heterocycles. The van der Waals surface area contributed by atoms with Gasteiger partial charge in [-0.15, -0.1) is 0 Å². The molecule has 27 heavy (non-hydrogen) atoms. The lowest BCUT2D eigenvalue weighted by atomic mass is 9.92. The molecule has 1 N–H and O–H groups in total. The van der Waals surface area contributed by atoms with E-state index in [1.54, 1.807) is 21.3 Å². The van der Waals surface area contributed by atoms with Crippen molar-refractivity contribution in [2.45, 2.75) is 70.7 Å². The molecule has 2 aromatic rings. The predicted octanol–water partition coefficient (Wildman–Crippen LogP) is 6.06. The van der Waals surface area contributed by atoms with E-state index in [9.17, 15) is 0 Å². The minimum atomic E-state index is -0.963. The maximum absolute atomic E-state index is 5.69. The van der Waals surface area contributed by atoms with Crippen LogP contribution in [0, 0.1) is 5.92 Å². The Bertz CT molecular complexity index is 607. The average Bonchev–Trinajstić information content (AvgIpc) is 3.12. The average molecular weight is 376 g/mol. The van der Waals surface area contributed by atoms with E-state index in [-0.39, 0.29) is 5.92 Å². The summed E-state index contributed by atoms with van der Waals surface area (Å²) in [6.45, 7) is 2.25. The molecule has 0 amide bonds. The highest BCUT2D eigenvalue weighted by atomic mass is 16.9. The number of fused-ring (bicyclic) bond motifs is 1. The molecule has 1 aromatic heterocycles. The molecule has 0 spiro atoms. The smallest absolute Gasteiger partial charge is 0.285 e. The molecule has 0 aliphatic heterocycles. The van der Waals surface area contributed by atoms with Crippen LogP contribution < -0.4 is 0 Å². The summed E-state index contributed by atoms with van der Waals surface area (Å²) in [5, 5.41) is 1.26. The molecule has 1 unspecified atom stereocenters. The van der Waals surface area contributed by atoms with Crippen molar-refractivity contribution in [3.8, 4) is 0 Å². The van der Waals surface area contributed by atoms with Gasteiger partial charge in [0.05, 0.1) is 0 Å². The quantitative estimate of drug-likeness (QED) is 0.322. The summed E-state index contributed by atoms with van der Waals surface area (Å²) >= 11 is 0. The Morgan fingerprint density at radius 1 is 0.889 bits per heavy atom. The first kappa shape index (κ1) is 21.9. The summed E-state index contributed by atoms with van der Waals surface area (Å²) in [4.78, 5) is 3.52. The lowest BCUT2D eigenvalue weighted by molar-refractivity contribution is -0.380. The standard InChI is InChI=1S/C23H37NO3/c1-5-6-7-8-9-10-14-20(23(25-2,26-3)27-4)16-17-21-18-19-13-11-12-15-22(19)24-21/h11-13,15,18,20,24H,5-10,14,16-17H2,1-4H3. The molecule has 0 aliphatic carbocycles. The molecule has 1 atom stereocenters. The van der Waals surface area contributed by atoms with Gasteiger partial charge in [0.1, 0.15) is 0 Å². The van der Waals surface area contributed by atoms with E-state index in [4.69, 9.17) is 14.2 Å². The van der Waals surface area contributed by atoms with Gasteiger partial charge in [0.15, 0.2) is 0 Å². The van der Waals surface area contributed by atoms with Gasteiger partial charge in [-0.2, -0.15) is 0 Å². The third-order valence-corrected chi connectivity index (χ3v) is 5.61. The van der Waals surface area contributed by atoms with Crippen LogP contribution in [0.4, 0.5) is 0 Å². The number of hydrogen-bond donors (Lipinski definition) is 1. The molecule has 4 heteroatoms. The van der Waals surface area contributed by atoms with Gasteiger partial charge in [-0.3, -0.25) is 0 Å². The number of rotatable bonds is 14. The highest BCUT2D eigenvalue weighted by Crippen LogP contribution is 2.32. The molecule has 0 radical (unpaired) electrons. The maximum atomic E-state index is 5.69. The number of unbranched alkanes of at least 4 members (excludes halogenated alkanes) is 5. The number of H-pyrrole nitrogens is 1. The van der Waals surface area contributed by atoms with Crippen molar-refractivity contribution in [2.75, 3.05) is 21.3 Å². The van der Waals surface area contributed by atoms with E-state index in [2.05, 4.69) is 42.2 Å². The van der Waals surface area contributed by atoms with Gasteiger partial charge in [-0.05, 0) is 36.8 Å². The third-order valence-electron chi connectivity index (χ3n) is 5.61. The molecule has 1 aromatic carbocycles. The van der Waals surface area contributed by atoms with E-state index >= 15 is 0 Å². The van der Waals surface area contributed by atoms with Gasteiger partial charge in [-0.1, -0.05) is 63.6 Å². The highest BCUT2D eigenvalue weighted by molar-refractivity contribution is 5.80. The summed E-state index contributed by atoms with van der Waals surface area (Å²) in [7, 11) is 5.01. The molecule has 0 bridgehead atoms. The summed E-state index contributed by atoms with van der Waals surface area (Å²) in [6, 6.07) is 10.7. The second-order valence-electron chi connectivity index (χ2n) is 7.39. The van der Waals surface area contributed by atoms with Gasteiger partial charge in [-0.25, -0.2) is 0 Å². The second-order valence-corrected chi connectivity index (χ2v) is 7.39. The van der Waals surface area contributed by atoms with Gasteiger partial charge in [0.25, 0.3) is 5.97 Å². The number of methoxy groups -OCH3 is 3.